The van der Waals surface area contributed by atoms with E-state index in [0.29, 0.717) is 23.9 Å². The summed E-state index contributed by atoms with van der Waals surface area (Å²) in [5.74, 6) is -1.31. The fraction of sp³-hybridized carbons (Fsp3) is 0.316. The van der Waals surface area contributed by atoms with Crippen molar-refractivity contribution in [1.29, 1.82) is 0 Å². The normalized spacial score (nSPS) is 11.3. The summed E-state index contributed by atoms with van der Waals surface area (Å²) >= 11 is 5.97. The van der Waals surface area contributed by atoms with Crippen LogP contribution in [0.15, 0.2) is 30.6 Å². The van der Waals surface area contributed by atoms with Gasteiger partial charge in [0.05, 0.1) is 24.8 Å². The molecule has 0 unspecified atom stereocenters. The Morgan fingerprint density at radius 1 is 1.04 bits per heavy atom. The number of aromatic amines is 1. The van der Waals surface area contributed by atoms with E-state index in [1.807, 2.05) is 0 Å². The van der Waals surface area contributed by atoms with Crippen LogP contribution in [0.1, 0.15) is 11.1 Å². The van der Waals surface area contributed by atoms with Crippen LogP contribution in [0, 0.1) is 11.6 Å². The van der Waals surface area contributed by atoms with Crippen LogP contribution in [0.2, 0.25) is 5.02 Å². The highest BCUT2D eigenvalue weighted by atomic mass is 35.5. The highest BCUT2D eigenvalue weighted by molar-refractivity contribution is 6.31. The average molecular weight is 397 g/mol. The highest BCUT2D eigenvalue weighted by Gasteiger charge is 2.14. The number of nitrogens with one attached hydrogen (secondary N) is 1. The summed E-state index contributed by atoms with van der Waals surface area (Å²) < 4.78 is 44.0. The van der Waals surface area contributed by atoms with Crippen molar-refractivity contribution in [1.82, 2.24) is 9.97 Å². The fourth-order valence-corrected chi connectivity index (χ4v) is 2.81. The largest absolute Gasteiger partial charge is 0.488 e. The zero-order chi connectivity index (χ0) is 19.2. The maximum absolute atomic E-state index is 14.4. The van der Waals surface area contributed by atoms with Gasteiger partial charge in [-0.3, -0.25) is 0 Å². The second kappa shape index (κ2) is 9.12. The van der Waals surface area contributed by atoms with E-state index in [4.69, 9.17) is 25.8 Å². The predicted molar refractivity (Wildman–Crippen MR) is 98.5 cm³/mol. The minimum absolute atomic E-state index is 0.117. The molecule has 0 amide bonds. The first-order valence-electron chi connectivity index (χ1n) is 8.37. The minimum Gasteiger partial charge on any atom is -0.488 e. The monoisotopic (exact) mass is 396 g/mol. The van der Waals surface area contributed by atoms with E-state index in [1.165, 1.54) is 6.20 Å². The van der Waals surface area contributed by atoms with Gasteiger partial charge >= 0.3 is 0 Å². The topological polar surface area (TPSA) is 56.4 Å². The molecule has 2 heterocycles. The number of pyridine rings is 1. The van der Waals surface area contributed by atoms with Crippen LogP contribution in [0.5, 0.6) is 5.75 Å². The molecule has 3 rings (SSSR count). The summed E-state index contributed by atoms with van der Waals surface area (Å²) in [5, 5.41) is 1.25. The van der Waals surface area contributed by atoms with E-state index in [2.05, 4.69) is 9.97 Å². The van der Waals surface area contributed by atoms with E-state index in [0.717, 1.165) is 23.1 Å². The van der Waals surface area contributed by atoms with Gasteiger partial charge in [0.25, 0.3) is 0 Å². The molecule has 8 heteroatoms. The van der Waals surface area contributed by atoms with E-state index in [1.54, 1.807) is 19.4 Å². The third-order valence-electron chi connectivity index (χ3n) is 3.98. The number of nitrogens with zero attached hydrogens (tertiary/aromatic N) is 1. The van der Waals surface area contributed by atoms with Crippen LogP contribution < -0.4 is 4.74 Å². The van der Waals surface area contributed by atoms with Crippen molar-refractivity contribution >= 4 is 22.6 Å². The van der Waals surface area contributed by atoms with Crippen molar-refractivity contribution in [3.05, 3.63) is 58.4 Å². The molecule has 0 spiro atoms. The van der Waals surface area contributed by atoms with E-state index in [-0.39, 0.29) is 30.9 Å². The van der Waals surface area contributed by atoms with Crippen molar-refractivity contribution < 1.29 is 23.0 Å². The number of halogens is 3. The fourth-order valence-electron chi connectivity index (χ4n) is 2.65. The van der Waals surface area contributed by atoms with Gasteiger partial charge in [0, 0.05) is 37.4 Å². The first-order chi connectivity index (χ1) is 13.1. The van der Waals surface area contributed by atoms with Crippen LogP contribution in [0.25, 0.3) is 11.0 Å². The number of hydrogen-bond acceptors (Lipinski definition) is 4. The van der Waals surface area contributed by atoms with Gasteiger partial charge in [0.2, 0.25) is 0 Å². The number of hydrogen-bond donors (Lipinski definition) is 1. The molecular weight excluding hydrogens is 378 g/mol. The zero-order valence-electron chi connectivity index (χ0n) is 14.7. The molecule has 1 N–H and O–H groups in total. The van der Waals surface area contributed by atoms with Gasteiger partial charge in [-0.15, -0.1) is 0 Å². The SMILES string of the molecule is COCCOCCOc1cc(F)c(Cc2c[nH]c3ncc(Cl)cc23)cc1F. The third kappa shape index (κ3) is 4.94. The second-order valence-electron chi connectivity index (χ2n) is 5.87. The molecule has 2 aromatic heterocycles. The van der Waals surface area contributed by atoms with Crippen molar-refractivity contribution in [2.75, 3.05) is 33.5 Å². The Kier molecular flexibility index (Phi) is 6.60. The first kappa shape index (κ1) is 19.5. The summed E-state index contributed by atoms with van der Waals surface area (Å²) in [7, 11) is 1.57. The molecular formula is C19H19ClF2N2O3. The highest BCUT2D eigenvalue weighted by Crippen LogP contribution is 2.27. The number of H-pyrrole nitrogens is 1. The summed E-state index contributed by atoms with van der Waals surface area (Å²) in [6, 6.07) is 3.94. The number of ether oxygens (including phenoxy) is 3. The van der Waals surface area contributed by atoms with Crippen molar-refractivity contribution in [3.63, 3.8) is 0 Å². The van der Waals surface area contributed by atoms with Gasteiger partial charge in [-0.05, 0) is 23.3 Å². The molecule has 0 saturated heterocycles. The molecule has 144 valence electrons. The quantitative estimate of drug-likeness (QED) is 0.553. The van der Waals surface area contributed by atoms with Crippen molar-refractivity contribution in [2.24, 2.45) is 0 Å². The van der Waals surface area contributed by atoms with Crippen LogP contribution in [0.4, 0.5) is 8.78 Å². The molecule has 0 saturated carbocycles. The Labute approximate surface area is 160 Å². The average Bonchev–Trinajstić information content (AvgIpc) is 3.03. The first-order valence-corrected chi connectivity index (χ1v) is 8.75. The van der Waals surface area contributed by atoms with Gasteiger partial charge in [-0.2, -0.15) is 0 Å². The van der Waals surface area contributed by atoms with Crippen molar-refractivity contribution in [3.8, 4) is 5.75 Å². The molecule has 0 aliphatic heterocycles. The van der Waals surface area contributed by atoms with Crippen LogP contribution >= 0.6 is 11.6 Å². The lowest BCUT2D eigenvalue weighted by Crippen LogP contribution is -2.11. The number of fused-ring (bicyclic) bond motifs is 1. The summed E-state index contributed by atoms with van der Waals surface area (Å²) in [6.07, 6.45) is 3.44. The van der Waals surface area contributed by atoms with Crippen LogP contribution in [-0.2, 0) is 15.9 Å². The van der Waals surface area contributed by atoms with E-state index < -0.39 is 11.6 Å². The van der Waals surface area contributed by atoms with Gasteiger partial charge in [-0.25, -0.2) is 13.8 Å². The number of methoxy groups -OCH3 is 1. The number of benzene rings is 1. The maximum Gasteiger partial charge on any atom is 0.165 e. The second-order valence-corrected chi connectivity index (χ2v) is 6.30. The molecule has 27 heavy (non-hydrogen) atoms. The molecule has 0 atom stereocenters. The molecule has 0 aliphatic rings. The molecule has 0 bridgehead atoms. The Bertz CT molecular complexity index is 917. The minimum atomic E-state index is -0.626. The Morgan fingerprint density at radius 2 is 1.85 bits per heavy atom. The standard InChI is InChI=1S/C19H19ClF2N2O3/c1-25-2-3-26-4-5-27-18-9-16(21)12(7-17(18)22)6-13-10-23-19-15(13)8-14(20)11-24-19/h7-11H,2-6H2,1H3,(H,23,24). The Hall–Kier alpha value is -2.22. The summed E-state index contributed by atoms with van der Waals surface area (Å²) in [5.41, 5.74) is 1.64. The van der Waals surface area contributed by atoms with Gasteiger partial charge in [0.15, 0.2) is 11.6 Å². The zero-order valence-corrected chi connectivity index (χ0v) is 15.5. The molecule has 5 nitrogen and oxygen atoms in total. The molecule has 0 aliphatic carbocycles. The van der Waals surface area contributed by atoms with Gasteiger partial charge in [-0.1, -0.05) is 11.6 Å². The summed E-state index contributed by atoms with van der Waals surface area (Å²) in [6.45, 7) is 1.26. The predicted octanol–water partition coefficient (Wildman–Crippen LogP) is 4.13. The lowest BCUT2D eigenvalue weighted by molar-refractivity contribution is 0.0537. The number of rotatable bonds is 9. The molecule has 3 aromatic rings. The van der Waals surface area contributed by atoms with Crippen LogP contribution in [-0.4, -0.2) is 43.5 Å². The van der Waals surface area contributed by atoms with Gasteiger partial charge in [0.1, 0.15) is 18.1 Å². The van der Waals surface area contributed by atoms with E-state index >= 15 is 0 Å². The molecule has 1 aromatic carbocycles. The lowest BCUT2D eigenvalue weighted by atomic mass is 10.0. The van der Waals surface area contributed by atoms with Crippen LogP contribution in [0.3, 0.4) is 0 Å². The number of aromatic nitrogens is 2. The van der Waals surface area contributed by atoms with Gasteiger partial charge < -0.3 is 19.2 Å². The lowest BCUT2D eigenvalue weighted by Gasteiger charge is -2.10. The third-order valence-corrected chi connectivity index (χ3v) is 4.19. The smallest absolute Gasteiger partial charge is 0.165 e. The molecule has 0 fully saturated rings. The molecule has 0 radical (unpaired) electrons. The Balaban J connectivity index is 1.68. The Morgan fingerprint density at radius 3 is 2.67 bits per heavy atom. The maximum atomic E-state index is 14.4. The van der Waals surface area contributed by atoms with E-state index in [9.17, 15) is 8.78 Å². The summed E-state index contributed by atoms with van der Waals surface area (Å²) in [4.78, 5) is 7.16. The van der Waals surface area contributed by atoms with Crippen molar-refractivity contribution in [2.45, 2.75) is 6.42 Å².